The molecule has 64 valence electrons. The molecule has 0 aromatic carbocycles. The number of aliphatic hydroxyl groups is 1. The van der Waals surface area contributed by atoms with Crippen LogP contribution in [0, 0.1) is 0 Å². The Labute approximate surface area is 77.5 Å². The zero-order valence-electron chi connectivity index (χ0n) is 10.5. The molecule has 0 saturated heterocycles. The Morgan fingerprint density at radius 3 is 3.58 bits per heavy atom. The van der Waals surface area contributed by atoms with Gasteiger partial charge in [-0.1, -0.05) is 24.3 Å². The first-order valence-corrected chi connectivity index (χ1v) is 3.86. The molecule has 1 heterocycles. The Balaban J connectivity index is 2.45. The predicted molar refractivity (Wildman–Crippen MR) is 46.7 cm³/mol. The van der Waals surface area contributed by atoms with Crippen LogP contribution in [-0.2, 0) is 4.74 Å². The van der Waals surface area contributed by atoms with E-state index >= 15 is 0 Å². The molecule has 0 saturated carbocycles. The van der Waals surface area contributed by atoms with Crippen molar-refractivity contribution in [3.8, 4) is 0 Å². The van der Waals surface area contributed by atoms with Gasteiger partial charge in [-0.2, -0.15) is 0 Å². The molecular weight excluding hydrogens is 152 g/mol. The van der Waals surface area contributed by atoms with Crippen LogP contribution in [0.5, 0.6) is 0 Å². The molecule has 12 heavy (non-hydrogen) atoms. The lowest BCUT2D eigenvalue weighted by atomic mass is 9.99. The lowest BCUT2D eigenvalue weighted by Gasteiger charge is -2.23. The van der Waals surface area contributed by atoms with Crippen LogP contribution in [0.15, 0.2) is 35.4 Å². The number of ether oxygens (including phenoxy) is 1. The van der Waals surface area contributed by atoms with E-state index in [4.69, 9.17) is 15.3 Å². The van der Waals surface area contributed by atoms with Gasteiger partial charge in [-0.3, -0.25) is 0 Å². The van der Waals surface area contributed by atoms with E-state index in [2.05, 4.69) is 0 Å². The first-order chi connectivity index (χ1) is 7.47. The lowest BCUT2D eigenvalue weighted by molar-refractivity contribution is 0.0742. The van der Waals surface area contributed by atoms with Gasteiger partial charge in [0.05, 0.1) is 18.1 Å². The fourth-order valence-electron chi connectivity index (χ4n) is 1.30. The summed E-state index contributed by atoms with van der Waals surface area (Å²) in [6, 6.07) is -0.179. The third kappa shape index (κ3) is 1.24. The number of fused-ring (bicyclic) bond motifs is 1. The van der Waals surface area contributed by atoms with Gasteiger partial charge in [0.2, 0.25) is 0 Å². The van der Waals surface area contributed by atoms with Crippen LogP contribution in [0.1, 0.15) is 11.9 Å². The molecular formula is C10H12O2. The van der Waals surface area contributed by atoms with Crippen LogP contribution in [-0.4, -0.2) is 24.4 Å². The van der Waals surface area contributed by atoms with Crippen molar-refractivity contribution in [3.63, 3.8) is 0 Å². The van der Waals surface area contributed by atoms with Crippen molar-refractivity contribution in [1.29, 1.82) is 0 Å². The maximum absolute atomic E-state index is 8.88. The van der Waals surface area contributed by atoms with Crippen molar-refractivity contribution in [2.24, 2.45) is 0 Å². The van der Waals surface area contributed by atoms with Crippen LogP contribution < -0.4 is 0 Å². The summed E-state index contributed by atoms with van der Waals surface area (Å²) >= 11 is 0. The molecule has 0 aromatic heterocycles. The van der Waals surface area contributed by atoms with Crippen LogP contribution >= 0.6 is 0 Å². The average Bonchev–Trinajstić information content (AvgIpc) is 2.57. The zero-order valence-corrected chi connectivity index (χ0v) is 6.50. The van der Waals surface area contributed by atoms with E-state index < -0.39 is 12.7 Å². The summed E-state index contributed by atoms with van der Waals surface area (Å²) in [7, 11) is 0. The highest BCUT2D eigenvalue weighted by Gasteiger charge is 2.21. The summed E-state index contributed by atoms with van der Waals surface area (Å²) in [5.74, 6) is 0. The SMILES string of the molecule is [2H]C1=CC=C2C1=C([2H])C([2H])([2H])OC2CCO. The topological polar surface area (TPSA) is 29.5 Å². The number of hydrogen-bond acceptors (Lipinski definition) is 2. The highest BCUT2D eigenvalue weighted by Crippen LogP contribution is 2.28. The van der Waals surface area contributed by atoms with Crippen molar-refractivity contribution in [2.75, 3.05) is 13.2 Å². The van der Waals surface area contributed by atoms with E-state index in [1.807, 2.05) is 0 Å². The summed E-state index contributed by atoms with van der Waals surface area (Å²) in [5.41, 5.74) is 0.925. The second kappa shape index (κ2) is 3.25. The number of aliphatic hydroxyl groups excluding tert-OH is 1. The molecule has 1 unspecified atom stereocenters. The minimum Gasteiger partial charge on any atom is -0.396 e. The monoisotopic (exact) mass is 168 g/mol. The van der Waals surface area contributed by atoms with Gasteiger partial charge in [0.15, 0.2) is 0 Å². The molecule has 1 N–H and O–H groups in total. The van der Waals surface area contributed by atoms with Crippen LogP contribution in [0.2, 0.25) is 0 Å². The van der Waals surface area contributed by atoms with E-state index in [1.165, 1.54) is 6.08 Å². The largest absolute Gasteiger partial charge is 0.396 e. The van der Waals surface area contributed by atoms with Crippen LogP contribution in [0.4, 0.5) is 0 Å². The Kier molecular flexibility index (Phi) is 1.19. The minimum absolute atomic E-state index is 0.119. The summed E-state index contributed by atoms with van der Waals surface area (Å²) < 4.78 is 35.6. The second-order valence-corrected chi connectivity index (χ2v) is 2.65. The maximum Gasteiger partial charge on any atom is 0.0856 e. The minimum atomic E-state index is -2.18. The fourth-order valence-corrected chi connectivity index (χ4v) is 1.30. The number of rotatable bonds is 2. The van der Waals surface area contributed by atoms with Gasteiger partial charge in [0.25, 0.3) is 0 Å². The van der Waals surface area contributed by atoms with Gasteiger partial charge >= 0.3 is 0 Å². The normalized spacial score (nSPS) is 37.2. The molecule has 0 fully saturated rings. The van der Waals surface area contributed by atoms with E-state index in [-0.39, 0.29) is 25.1 Å². The van der Waals surface area contributed by atoms with Crippen molar-refractivity contribution >= 4 is 0 Å². The van der Waals surface area contributed by atoms with Gasteiger partial charge in [-0.05, 0) is 11.1 Å². The first kappa shape index (κ1) is 4.40. The van der Waals surface area contributed by atoms with Crippen LogP contribution in [0.25, 0.3) is 0 Å². The molecule has 2 heteroatoms. The van der Waals surface area contributed by atoms with E-state index in [0.29, 0.717) is 11.1 Å². The summed E-state index contributed by atoms with van der Waals surface area (Å²) in [5, 5.41) is 8.88. The maximum atomic E-state index is 8.88. The molecule has 1 aliphatic carbocycles. The molecule has 0 radical (unpaired) electrons. The van der Waals surface area contributed by atoms with Crippen molar-refractivity contribution < 1.29 is 15.3 Å². The van der Waals surface area contributed by atoms with Crippen LogP contribution in [0.3, 0.4) is 0 Å². The highest BCUT2D eigenvalue weighted by atomic mass is 16.5. The standard InChI is InChI=1S/C10H12O2/c11-6-4-10-9-3-1-2-8(9)5-7-12-10/h1-3,5,10-11H,4,6-7H2/i2D,5D,7D2. The van der Waals surface area contributed by atoms with Gasteiger partial charge in [-0.25, -0.2) is 0 Å². The molecule has 1 aliphatic heterocycles. The molecule has 1 atom stereocenters. The Hall–Kier alpha value is -0.860. The van der Waals surface area contributed by atoms with E-state index in [0.717, 1.165) is 0 Å². The Morgan fingerprint density at radius 2 is 2.75 bits per heavy atom. The van der Waals surface area contributed by atoms with Crippen molar-refractivity contribution in [3.05, 3.63) is 35.4 Å². The smallest absolute Gasteiger partial charge is 0.0856 e. The van der Waals surface area contributed by atoms with Gasteiger partial charge in [-0.15, -0.1) is 0 Å². The molecule has 0 spiro atoms. The number of allylic oxidation sites excluding steroid dienone is 3. The van der Waals surface area contributed by atoms with E-state index in [9.17, 15) is 0 Å². The third-order valence-corrected chi connectivity index (χ3v) is 1.89. The molecule has 0 amide bonds. The number of hydrogen-bond donors (Lipinski definition) is 1. The molecule has 0 bridgehead atoms. The van der Waals surface area contributed by atoms with Crippen molar-refractivity contribution in [2.45, 2.75) is 12.5 Å². The highest BCUT2D eigenvalue weighted by molar-refractivity contribution is 5.51. The molecule has 0 aromatic rings. The van der Waals surface area contributed by atoms with Gasteiger partial charge in [0, 0.05) is 13.0 Å². The van der Waals surface area contributed by atoms with Crippen molar-refractivity contribution in [1.82, 2.24) is 0 Å². The predicted octanol–water partition coefficient (Wildman–Crippen LogP) is 1.19. The Bertz CT molecular complexity index is 409. The molecule has 2 rings (SSSR count). The quantitative estimate of drug-likeness (QED) is 0.671. The summed E-state index contributed by atoms with van der Waals surface area (Å²) in [6.07, 6.45) is 2.86. The summed E-state index contributed by atoms with van der Waals surface area (Å²) in [6.45, 7) is -2.30. The lowest BCUT2D eigenvalue weighted by Crippen LogP contribution is -2.21. The molecule has 2 aliphatic rings. The van der Waals surface area contributed by atoms with E-state index in [1.54, 1.807) is 6.08 Å². The second-order valence-electron chi connectivity index (χ2n) is 2.65. The zero-order chi connectivity index (χ0) is 11.9. The Morgan fingerprint density at radius 1 is 1.83 bits per heavy atom. The first-order valence-electron chi connectivity index (χ1n) is 5.86. The van der Waals surface area contributed by atoms with Gasteiger partial charge in [0.1, 0.15) is 0 Å². The summed E-state index contributed by atoms with van der Waals surface area (Å²) in [4.78, 5) is 0. The van der Waals surface area contributed by atoms with Gasteiger partial charge < -0.3 is 9.84 Å². The molecule has 2 nitrogen and oxygen atoms in total. The fraction of sp³-hybridized carbons (Fsp3) is 0.400. The average molecular weight is 168 g/mol. The third-order valence-electron chi connectivity index (χ3n) is 1.89.